The van der Waals surface area contributed by atoms with Crippen molar-refractivity contribution in [2.24, 2.45) is 5.92 Å². The van der Waals surface area contributed by atoms with Gasteiger partial charge in [0.2, 0.25) is 5.88 Å². The Morgan fingerprint density at radius 2 is 2.15 bits per heavy atom. The van der Waals surface area contributed by atoms with Gasteiger partial charge in [0.25, 0.3) is 5.91 Å². The lowest BCUT2D eigenvalue weighted by atomic mass is 9.78. The smallest absolute Gasteiger partial charge is 0.256 e. The van der Waals surface area contributed by atoms with Crippen molar-refractivity contribution in [1.29, 1.82) is 0 Å². The summed E-state index contributed by atoms with van der Waals surface area (Å²) in [5.74, 6) is 0.945. The van der Waals surface area contributed by atoms with Crippen molar-refractivity contribution in [1.82, 2.24) is 4.98 Å². The maximum absolute atomic E-state index is 13.0. The minimum atomic E-state index is -0.722. The van der Waals surface area contributed by atoms with Crippen molar-refractivity contribution in [2.45, 2.75) is 58.5 Å². The number of amides is 1. The number of ether oxygens (including phenoxy) is 3. The lowest BCUT2D eigenvalue weighted by Crippen LogP contribution is -2.48. The average Bonchev–Trinajstić information content (AvgIpc) is 2.65. The standard InChI is InChI=1S/C20H32N2O4/c1-4-11-26-20(10-6-7-16(3)14-20)19(23)22-17-8-9-18(21-15-17)25-13-12-24-5-2/h8-9,15-16H,4-7,10-14H2,1-3H3,(H,22,23)/t16-,20+/m0/s1. The van der Waals surface area contributed by atoms with Crippen molar-refractivity contribution in [3.8, 4) is 5.88 Å². The monoisotopic (exact) mass is 364 g/mol. The van der Waals surface area contributed by atoms with E-state index in [4.69, 9.17) is 14.2 Å². The second-order valence-electron chi connectivity index (χ2n) is 6.93. The lowest BCUT2D eigenvalue weighted by Gasteiger charge is -2.38. The van der Waals surface area contributed by atoms with Gasteiger partial charge < -0.3 is 19.5 Å². The van der Waals surface area contributed by atoms with E-state index in [1.807, 2.05) is 6.92 Å². The molecule has 1 heterocycles. The summed E-state index contributed by atoms with van der Waals surface area (Å²) in [4.78, 5) is 17.2. The van der Waals surface area contributed by atoms with Crippen LogP contribution in [0.5, 0.6) is 5.88 Å². The quantitative estimate of drug-likeness (QED) is 0.639. The zero-order valence-electron chi connectivity index (χ0n) is 16.3. The molecule has 0 radical (unpaired) electrons. The van der Waals surface area contributed by atoms with Crippen LogP contribution in [0.15, 0.2) is 18.3 Å². The maximum Gasteiger partial charge on any atom is 0.256 e. The van der Waals surface area contributed by atoms with E-state index in [9.17, 15) is 4.79 Å². The number of pyridine rings is 1. The zero-order chi connectivity index (χ0) is 18.8. The molecule has 1 amide bonds. The van der Waals surface area contributed by atoms with Crippen molar-refractivity contribution in [3.05, 3.63) is 18.3 Å². The van der Waals surface area contributed by atoms with Crippen molar-refractivity contribution < 1.29 is 19.0 Å². The normalized spacial score (nSPS) is 22.8. The molecule has 1 aliphatic carbocycles. The summed E-state index contributed by atoms with van der Waals surface area (Å²) in [6, 6.07) is 3.56. The van der Waals surface area contributed by atoms with E-state index >= 15 is 0 Å². The van der Waals surface area contributed by atoms with Crippen LogP contribution in [-0.2, 0) is 14.3 Å². The Bertz CT molecular complexity index is 549. The SMILES string of the molecule is CCCO[C@]1(C(=O)Nc2ccc(OCCOCC)nc2)CCC[C@H](C)C1. The van der Waals surface area contributed by atoms with Crippen molar-refractivity contribution >= 4 is 11.6 Å². The third-order valence-corrected chi connectivity index (χ3v) is 4.63. The molecule has 0 bridgehead atoms. The molecule has 6 nitrogen and oxygen atoms in total. The molecule has 2 rings (SSSR count). The first-order valence-corrected chi connectivity index (χ1v) is 9.71. The van der Waals surface area contributed by atoms with Crippen LogP contribution >= 0.6 is 0 Å². The number of hydrogen-bond acceptors (Lipinski definition) is 5. The summed E-state index contributed by atoms with van der Waals surface area (Å²) in [5.41, 5.74) is -0.0646. The van der Waals surface area contributed by atoms with Gasteiger partial charge in [-0.1, -0.05) is 20.3 Å². The van der Waals surface area contributed by atoms with Gasteiger partial charge in [-0.2, -0.15) is 0 Å². The van der Waals surface area contributed by atoms with Crippen molar-refractivity contribution in [2.75, 3.05) is 31.7 Å². The summed E-state index contributed by atoms with van der Waals surface area (Å²) >= 11 is 0. The van der Waals surface area contributed by atoms with Gasteiger partial charge in [0.05, 0.1) is 18.5 Å². The summed E-state index contributed by atoms with van der Waals surface area (Å²) in [6.45, 7) is 8.45. The number of carbonyl (C=O) groups excluding carboxylic acids is 1. The van der Waals surface area contributed by atoms with E-state index in [2.05, 4.69) is 24.1 Å². The Morgan fingerprint density at radius 3 is 2.81 bits per heavy atom. The maximum atomic E-state index is 13.0. The highest BCUT2D eigenvalue weighted by Gasteiger charge is 2.42. The molecule has 146 valence electrons. The largest absolute Gasteiger partial charge is 0.475 e. The molecule has 1 N–H and O–H groups in total. The highest BCUT2D eigenvalue weighted by atomic mass is 16.5. The molecule has 0 aliphatic heterocycles. The summed E-state index contributed by atoms with van der Waals surface area (Å²) in [7, 11) is 0. The number of nitrogens with zero attached hydrogens (tertiary/aromatic N) is 1. The van der Waals surface area contributed by atoms with Gasteiger partial charge in [-0.25, -0.2) is 4.98 Å². The van der Waals surface area contributed by atoms with Gasteiger partial charge in [0.1, 0.15) is 12.2 Å². The van der Waals surface area contributed by atoms with Gasteiger partial charge in [-0.3, -0.25) is 4.79 Å². The summed E-state index contributed by atoms with van der Waals surface area (Å²) < 4.78 is 16.8. The first-order chi connectivity index (χ1) is 12.6. The van der Waals surface area contributed by atoms with E-state index in [-0.39, 0.29) is 5.91 Å². The third-order valence-electron chi connectivity index (χ3n) is 4.63. The summed E-state index contributed by atoms with van der Waals surface area (Å²) in [6.07, 6.45) is 6.23. The highest BCUT2D eigenvalue weighted by Crippen LogP contribution is 2.36. The van der Waals surface area contributed by atoms with Crippen LogP contribution in [0.25, 0.3) is 0 Å². The van der Waals surface area contributed by atoms with Crippen LogP contribution in [0.4, 0.5) is 5.69 Å². The molecular weight excluding hydrogens is 332 g/mol. The Kier molecular flexibility index (Phi) is 8.32. The molecule has 1 aliphatic rings. The average molecular weight is 364 g/mol. The van der Waals surface area contributed by atoms with Gasteiger partial charge in [-0.15, -0.1) is 0 Å². The van der Waals surface area contributed by atoms with Gasteiger partial charge in [0, 0.05) is 19.3 Å². The minimum absolute atomic E-state index is 0.0654. The summed E-state index contributed by atoms with van der Waals surface area (Å²) in [5, 5.41) is 2.98. The molecular formula is C20H32N2O4. The van der Waals surface area contributed by atoms with Crippen LogP contribution < -0.4 is 10.1 Å². The third kappa shape index (κ3) is 5.95. The molecule has 0 saturated heterocycles. The fourth-order valence-corrected chi connectivity index (χ4v) is 3.34. The molecule has 1 aromatic rings. The van der Waals surface area contributed by atoms with E-state index in [1.165, 1.54) is 0 Å². The molecule has 0 unspecified atom stereocenters. The van der Waals surface area contributed by atoms with E-state index < -0.39 is 5.60 Å². The topological polar surface area (TPSA) is 69.7 Å². The van der Waals surface area contributed by atoms with Crippen LogP contribution in [-0.4, -0.2) is 42.9 Å². The van der Waals surface area contributed by atoms with Crippen LogP contribution in [0.1, 0.15) is 52.9 Å². The fraction of sp³-hybridized carbons (Fsp3) is 0.700. The predicted molar refractivity (Wildman–Crippen MR) is 101 cm³/mol. The Morgan fingerprint density at radius 1 is 1.31 bits per heavy atom. The zero-order valence-corrected chi connectivity index (χ0v) is 16.3. The molecule has 0 aromatic carbocycles. The highest BCUT2D eigenvalue weighted by molar-refractivity contribution is 5.97. The lowest BCUT2D eigenvalue weighted by molar-refractivity contribution is -0.148. The van der Waals surface area contributed by atoms with Gasteiger partial charge >= 0.3 is 0 Å². The molecule has 1 saturated carbocycles. The molecule has 1 aromatic heterocycles. The van der Waals surface area contributed by atoms with Crippen LogP contribution in [0, 0.1) is 5.92 Å². The predicted octanol–water partition coefficient (Wildman–Crippen LogP) is 3.81. The second-order valence-corrected chi connectivity index (χ2v) is 6.93. The molecule has 6 heteroatoms. The number of anilines is 1. The molecule has 0 spiro atoms. The Labute approximate surface area is 156 Å². The number of carbonyl (C=O) groups is 1. The molecule has 2 atom stereocenters. The Balaban J connectivity index is 1.95. The minimum Gasteiger partial charge on any atom is -0.475 e. The fourth-order valence-electron chi connectivity index (χ4n) is 3.34. The van der Waals surface area contributed by atoms with E-state index in [0.717, 1.165) is 32.1 Å². The van der Waals surface area contributed by atoms with Crippen LogP contribution in [0.2, 0.25) is 0 Å². The molecule has 1 fully saturated rings. The van der Waals surface area contributed by atoms with Crippen molar-refractivity contribution in [3.63, 3.8) is 0 Å². The van der Waals surface area contributed by atoms with Gasteiger partial charge in [-0.05, 0) is 44.6 Å². The van der Waals surface area contributed by atoms with Gasteiger partial charge in [0.15, 0.2) is 0 Å². The van der Waals surface area contributed by atoms with E-state index in [0.29, 0.717) is 43.9 Å². The first-order valence-electron chi connectivity index (χ1n) is 9.71. The Hall–Kier alpha value is -1.66. The number of nitrogens with one attached hydrogen (secondary N) is 1. The van der Waals surface area contributed by atoms with E-state index in [1.54, 1.807) is 18.3 Å². The number of rotatable bonds is 10. The molecule has 26 heavy (non-hydrogen) atoms. The number of aromatic nitrogens is 1. The second kappa shape index (κ2) is 10.5. The first kappa shape index (κ1) is 20.6. The van der Waals surface area contributed by atoms with Crippen LogP contribution in [0.3, 0.4) is 0 Å². The number of hydrogen-bond donors (Lipinski definition) is 1.